The van der Waals surface area contributed by atoms with E-state index in [1.165, 1.54) is 6.33 Å². The summed E-state index contributed by atoms with van der Waals surface area (Å²) >= 11 is 0. The zero-order valence-electron chi connectivity index (χ0n) is 23.2. The molecule has 0 saturated carbocycles. The zero-order chi connectivity index (χ0) is 27.3. The molecule has 1 aliphatic rings. The Hall–Kier alpha value is -1.93. The lowest BCUT2D eigenvalue weighted by atomic mass is 10.1. The highest BCUT2D eigenvalue weighted by Crippen LogP contribution is 2.50. The van der Waals surface area contributed by atoms with Crippen LogP contribution in [0.2, 0.25) is 0 Å². The van der Waals surface area contributed by atoms with Crippen LogP contribution in [0.15, 0.2) is 11.1 Å². The van der Waals surface area contributed by atoms with E-state index in [0.29, 0.717) is 23.8 Å². The summed E-state index contributed by atoms with van der Waals surface area (Å²) in [6, 6.07) is 0.251. The average molecular weight is 524 g/mol. The summed E-state index contributed by atoms with van der Waals surface area (Å²) in [5.41, 5.74) is 0.308. The van der Waals surface area contributed by atoms with Crippen LogP contribution in [0.5, 0.6) is 0 Å². The Morgan fingerprint density at radius 3 is 2.61 bits per heavy atom. The third kappa shape index (κ3) is 6.31. The van der Waals surface area contributed by atoms with Gasteiger partial charge in [0.2, 0.25) is 6.54 Å². The molecule has 3 rings (SSSR count). The summed E-state index contributed by atoms with van der Waals surface area (Å²) in [6.07, 6.45) is -0.415. The van der Waals surface area contributed by atoms with Crippen LogP contribution in [0, 0.1) is 12.5 Å². The van der Waals surface area contributed by atoms with Gasteiger partial charge in [-0.1, -0.05) is 13.8 Å². The van der Waals surface area contributed by atoms with Crippen molar-refractivity contribution in [2.75, 3.05) is 20.3 Å². The normalized spacial score (nSPS) is 23.8. The first-order chi connectivity index (χ1) is 17.6. The third-order valence-corrected chi connectivity index (χ3v) is 7.91. The van der Waals surface area contributed by atoms with E-state index in [4.69, 9.17) is 26.5 Å². The lowest BCUT2D eigenvalue weighted by Gasteiger charge is -2.37. The van der Waals surface area contributed by atoms with Crippen molar-refractivity contribution in [2.24, 2.45) is 5.92 Å². The highest BCUT2D eigenvalue weighted by Gasteiger charge is 2.48. The molecule has 12 heteroatoms. The van der Waals surface area contributed by atoms with Crippen molar-refractivity contribution in [1.82, 2.24) is 24.2 Å². The second kappa shape index (κ2) is 12.5. The predicted molar refractivity (Wildman–Crippen MR) is 138 cm³/mol. The number of imidazole rings is 1. The molecule has 0 amide bonds. The van der Waals surface area contributed by atoms with Crippen molar-refractivity contribution in [1.29, 1.82) is 0 Å². The molecule has 0 bridgehead atoms. The van der Waals surface area contributed by atoms with E-state index < -0.39 is 33.1 Å². The summed E-state index contributed by atoms with van der Waals surface area (Å²) in [4.78, 5) is 27.9. The van der Waals surface area contributed by atoms with Crippen LogP contribution in [-0.2, 0) is 24.9 Å². The summed E-state index contributed by atoms with van der Waals surface area (Å²) in [5.74, 6) is 0.885. The third-order valence-electron chi connectivity index (χ3n) is 5.78. The summed E-state index contributed by atoms with van der Waals surface area (Å²) < 4.78 is 36.8. The molecular formula is C24H39N6O5P. The first-order valence-corrected chi connectivity index (χ1v) is 13.4. The van der Waals surface area contributed by atoms with Gasteiger partial charge in [0, 0.05) is 27.0 Å². The molecule has 3 heterocycles. The Morgan fingerprint density at radius 2 is 2.03 bits per heavy atom. The van der Waals surface area contributed by atoms with Gasteiger partial charge >= 0.3 is 0 Å². The van der Waals surface area contributed by atoms with Crippen molar-refractivity contribution in [3.05, 3.63) is 33.9 Å². The van der Waals surface area contributed by atoms with Crippen LogP contribution in [0.4, 0.5) is 0 Å². The molecule has 1 fully saturated rings. The quantitative estimate of drug-likeness (QED) is 0.253. The smallest absolute Gasteiger partial charge is 0.279 e. The number of nitrogens with one attached hydrogen (secondary N) is 1. The maximum Gasteiger partial charge on any atom is 0.279 e. The Balaban J connectivity index is 1.97. The number of H-pyrrole nitrogens is 1. The minimum Gasteiger partial charge on any atom is -0.374 e. The maximum atomic E-state index is 12.7. The molecule has 2 aromatic heterocycles. The van der Waals surface area contributed by atoms with Crippen molar-refractivity contribution in [2.45, 2.75) is 91.5 Å². The number of hydrogen-bond acceptors (Lipinski definition) is 8. The predicted octanol–water partition coefficient (Wildman–Crippen LogP) is 3.92. The Kier molecular flexibility index (Phi) is 9.45. The molecule has 0 aromatic carbocycles. The Bertz CT molecular complexity index is 1110. The van der Waals surface area contributed by atoms with Crippen LogP contribution in [-0.4, -0.2) is 74.8 Å². The fourth-order valence-corrected chi connectivity index (χ4v) is 6.10. The molecule has 0 spiro atoms. The van der Waals surface area contributed by atoms with Gasteiger partial charge in [0.25, 0.3) is 14.1 Å². The first-order valence-electron chi connectivity index (χ1n) is 13.0. The van der Waals surface area contributed by atoms with Gasteiger partial charge in [-0.2, -0.15) is 0 Å². The second-order valence-corrected chi connectivity index (χ2v) is 11.2. The molecule has 11 nitrogen and oxygen atoms in total. The molecule has 2 aromatic rings. The fourth-order valence-electron chi connectivity index (χ4n) is 4.34. The summed E-state index contributed by atoms with van der Waals surface area (Å²) in [7, 11) is -0.00307. The van der Waals surface area contributed by atoms with E-state index in [1.807, 2.05) is 0 Å². The van der Waals surface area contributed by atoms with E-state index >= 15 is 0 Å². The number of methoxy groups -OCH3 is 1. The number of nitrogens with zero attached hydrogens (tertiary/aromatic N) is 5. The SMILES string of the molecule is [2H]C[C@H]1O[C@@H](n2cnc3c(=O)[nH]c(CC(C)C)nc32)[C@@H](OC)C1OP(OCC[N+]#[C-])N(C(C)C)C(C)C. The first kappa shape index (κ1) is 27.1. The summed E-state index contributed by atoms with van der Waals surface area (Å²) in [6.45, 7) is 19.9. The molecule has 0 radical (unpaired) electrons. The largest absolute Gasteiger partial charge is 0.374 e. The van der Waals surface area contributed by atoms with Gasteiger partial charge in [-0.25, -0.2) is 21.2 Å². The number of hydrogen-bond donors (Lipinski definition) is 1. The van der Waals surface area contributed by atoms with Crippen molar-refractivity contribution >= 4 is 19.7 Å². The number of rotatable bonds is 12. The van der Waals surface area contributed by atoms with Gasteiger partial charge in [-0.05, 0) is 40.5 Å². The van der Waals surface area contributed by atoms with Gasteiger partial charge in [0.05, 0.1) is 12.4 Å². The number of ether oxygens (including phenoxy) is 2. The molecule has 1 aliphatic heterocycles. The van der Waals surface area contributed by atoms with E-state index in [2.05, 4.69) is 66.0 Å². The van der Waals surface area contributed by atoms with Crippen LogP contribution >= 0.6 is 8.53 Å². The molecule has 1 saturated heterocycles. The summed E-state index contributed by atoms with van der Waals surface area (Å²) in [5, 5.41) is 0. The highest BCUT2D eigenvalue weighted by molar-refractivity contribution is 7.44. The van der Waals surface area contributed by atoms with Crippen molar-refractivity contribution in [3.63, 3.8) is 0 Å². The maximum absolute atomic E-state index is 12.7. The molecule has 200 valence electrons. The molecule has 5 atom stereocenters. The van der Waals surface area contributed by atoms with E-state index in [1.54, 1.807) is 11.7 Å². The minimum absolute atomic E-state index is 0.0607. The molecular weight excluding hydrogens is 483 g/mol. The minimum atomic E-state index is -1.57. The second-order valence-electron chi connectivity index (χ2n) is 9.79. The Labute approximate surface area is 215 Å². The van der Waals surface area contributed by atoms with E-state index in [9.17, 15) is 4.79 Å². The number of fused-ring (bicyclic) bond motifs is 1. The van der Waals surface area contributed by atoms with Crippen LogP contribution in [0.3, 0.4) is 0 Å². The van der Waals surface area contributed by atoms with Crippen LogP contribution < -0.4 is 5.56 Å². The van der Waals surface area contributed by atoms with Gasteiger partial charge in [-0.3, -0.25) is 9.36 Å². The highest BCUT2D eigenvalue weighted by atomic mass is 31.2. The van der Waals surface area contributed by atoms with Crippen LogP contribution in [0.1, 0.15) is 61.9 Å². The van der Waals surface area contributed by atoms with Crippen molar-refractivity contribution in [3.8, 4) is 0 Å². The van der Waals surface area contributed by atoms with Crippen molar-refractivity contribution < 1.29 is 19.9 Å². The lowest BCUT2D eigenvalue weighted by molar-refractivity contribution is -0.0466. The monoisotopic (exact) mass is 523 g/mol. The molecule has 2 unspecified atom stereocenters. The topological polar surface area (TPSA) is 108 Å². The van der Waals surface area contributed by atoms with E-state index in [0.717, 1.165) is 0 Å². The number of aromatic nitrogens is 4. The molecule has 36 heavy (non-hydrogen) atoms. The van der Waals surface area contributed by atoms with Gasteiger partial charge in [0.15, 0.2) is 17.4 Å². The van der Waals surface area contributed by atoms with Gasteiger partial charge in [0.1, 0.15) is 24.6 Å². The van der Waals surface area contributed by atoms with Crippen LogP contribution in [0.25, 0.3) is 16.0 Å². The fraction of sp³-hybridized carbons (Fsp3) is 0.750. The lowest BCUT2D eigenvalue weighted by Crippen LogP contribution is -2.39. The average Bonchev–Trinajstić information content (AvgIpc) is 3.39. The Morgan fingerprint density at radius 1 is 1.31 bits per heavy atom. The molecule has 0 aliphatic carbocycles. The molecule has 1 N–H and O–H groups in total. The van der Waals surface area contributed by atoms with Gasteiger partial charge in [-0.15, -0.1) is 0 Å². The standard InChI is InChI=1S/C24H39N6O5P/c1-14(2)12-18-27-22-19(23(31)28-18)26-13-29(22)24-21(32-9)20(17(7)34-24)35-36(33-11-10-25-8)30(15(3)4)16(5)6/h13-17,20-21,24H,10-12H2,1-7,9H3,(H,27,28,31)/t17-,20?,21+,24-,36?/m1/s1/i7D. The van der Waals surface area contributed by atoms with Gasteiger partial charge < -0.3 is 28.4 Å². The zero-order valence-corrected chi connectivity index (χ0v) is 23.1. The number of aromatic amines is 1. The van der Waals surface area contributed by atoms with E-state index in [-0.39, 0.29) is 43.2 Å².